The SMILES string of the molecule is NC(C(=O)O)c1nnc(Cc2ccccc2)o1. The minimum Gasteiger partial charge on any atom is -0.480 e. The molecule has 17 heavy (non-hydrogen) atoms. The molecule has 0 bridgehead atoms. The maximum Gasteiger partial charge on any atom is 0.330 e. The first-order chi connectivity index (χ1) is 8.16. The van der Waals surface area contributed by atoms with Gasteiger partial charge in [-0.25, -0.2) is 4.79 Å². The minimum atomic E-state index is -1.27. The summed E-state index contributed by atoms with van der Waals surface area (Å²) in [6, 6.07) is 8.27. The fourth-order valence-corrected chi connectivity index (χ4v) is 1.34. The smallest absolute Gasteiger partial charge is 0.330 e. The van der Waals surface area contributed by atoms with Gasteiger partial charge in [-0.2, -0.15) is 0 Å². The fraction of sp³-hybridized carbons (Fsp3) is 0.182. The molecule has 88 valence electrons. The van der Waals surface area contributed by atoms with Crippen LogP contribution >= 0.6 is 0 Å². The predicted molar refractivity (Wildman–Crippen MR) is 58.1 cm³/mol. The van der Waals surface area contributed by atoms with Crippen LogP contribution in [0.1, 0.15) is 23.4 Å². The Labute approximate surface area is 97.1 Å². The third-order valence-electron chi connectivity index (χ3n) is 2.21. The highest BCUT2D eigenvalue weighted by Gasteiger charge is 2.21. The van der Waals surface area contributed by atoms with Gasteiger partial charge in [0.25, 0.3) is 0 Å². The lowest BCUT2D eigenvalue weighted by Gasteiger charge is -1.98. The van der Waals surface area contributed by atoms with Crippen LogP contribution in [0.25, 0.3) is 0 Å². The summed E-state index contributed by atoms with van der Waals surface area (Å²) in [5.74, 6) is -0.925. The standard InChI is InChI=1S/C11H11N3O3/c12-9(11(15)16)10-14-13-8(17-10)6-7-4-2-1-3-5-7/h1-5,9H,6,12H2,(H,15,16). The van der Waals surface area contributed by atoms with Crippen molar-refractivity contribution in [3.05, 3.63) is 47.7 Å². The van der Waals surface area contributed by atoms with Gasteiger partial charge in [0.15, 0.2) is 6.04 Å². The van der Waals surface area contributed by atoms with Crippen LogP contribution in [0, 0.1) is 0 Å². The van der Waals surface area contributed by atoms with Crippen LogP contribution in [0.3, 0.4) is 0 Å². The molecule has 1 atom stereocenters. The first kappa shape index (κ1) is 11.3. The molecule has 1 aromatic carbocycles. The van der Waals surface area contributed by atoms with E-state index in [-0.39, 0.29) is 5.89 Å². The molecular formula is C11H11N3O3. The zero-order chi connectivity index (χ0) is 12.3. The second kappa shape index (κ2) is 4.75. The van der Waals surface area contributed by atoms with Crippen molar-refractivity contribution in [2.75, 3.05) is 0 Å². The Balaban J connectivity index is 2.11. The molecule has 6 nitrogen and oxygen atoms in total. The number of carboxylic acid groups (broad SMARTS) is 1. The van der Waals surface area contributed by atoms with Crippen molar-refractivity contribution in [3.8, 4) is 0 Å². The number of aliphatic carboxylic acids is 1. The molecule has 0 amide bonds. The number of benzene rings is 1. The van der Waals surface area contributed by atoms with E-state index in [1.807, 2.05) is 30.3 Å². The first-order valence-corrected chi connectivity index (χ1v) is 5.01. The normalized spacial score (nSPS) is 12.3. The Hall–Kier alpha value is -2.21. The Morgan fingerprint density at radius 1 is 1.35 bits per heavy atom. The lowest BCUT2D eigenvalue weighted by molar-refractivity contribution is -0.139. The zero-order valence-corrected chi connectivity index (χ0v) is 8.91. The van der Waals surface area contributed by atoms with Gasteiger partial charge in [0.2, 0.25) is 11.8 Å². The largest absolute Gasteiger partial charge is 0.480 e. The number of hydrogen-bond acceptors (Lipinski definition) is 5. The van der Waals surface area contributed by atoms with Crippen LogP contribution in [0.2, 0.25) is 0 Å². The second-order valence-electron chi connectivity index (χ2n) is 3.51. The Morgan fingerprint density at radius 2 is 2.06 bits per heavy atom. The molecule has 6 heteroatoms. The van der Waals surface area contributed by atoms with Crippen molar-refractivity contribution in [3.63, 3.8) is 0 Å². The summed E-state index contributed by atoms with van der Waals surface area (Å²) in [5, 5.41) is 16.0. The summed E-state index contributed by atoms with van der Waals surface area (Å²) in [6.07, 6.45) is 0.459. The quantitative estimate of drug-likeness (QED) is 0.807. The van der Waals surface area contributed by atoms with Gasteiger partial charge in [-0.1, -0.05) is 30.3 Å². The van der Waals surface area contributed by atoms with Crippen LogP contribution in [0.4, 0.5) is 0 Å². The van der Waals surface area contributed by atoms with E-state index in [4.69, 9.17) is 15.3 Å². The molecule has 0 spiro atoms. The Kier molecular flexibility index (Phi) is 3.15. The van der Waals surface area contributed by atoms with Gasteiger partial charge in [0.05, 0.1) is 6.42 Å². The van der Waals surface area contributed by atoms with E-state index >= 15 is 0 Å². The van der Waals surface area contributed by atoms with E-state index in [0.717, 1.165) is 5.56 Å². The maximum atomic E-state index is 10.6. The van der Waals surface area contributed by atoms with Crippen molar-refractivity contribution in [1.82, 2.24) is 10.2 Å². The maximum absolute atomic E-state index is 10.6. The van der Waals surface area contributed by atoms with Crippen molar-refractivity contribution < 1.29 is 14.3 Å². The molecule has 0 saturated heterocycles. The summed E-state index contributed by atoms with van der Waals surface area (Å²) in [4.78, 5) is 10.6. The summed E-state index contributed by atoms with van der Waals surface area (Å²) in [5.41, 5.74) is 6.35. The highest BCUT2D eigenvalue weighted by Crippen LogP contribution is 2.12. The van der Waals surface area contributed by atoms with E-state index < -0.39 is 12.0 Å². The number of hydrogen-bond donors (Lipinski definition) is 2. The van der Waals surface area contributed by atoms with E-state index in [1.165, 1.54) is 0 Å². The van der Waals surface area contributed by atoms with Gasteiger partial charge in [-0.3, -0.25) is 0 Å². The third kappa shape index (κ3) is 2.67. The van der Waals surface area contributed by atoms with Gasteiger partial charge < -0.3 is 15.3 Å². The number of carboxylic acids is 1. The van der Waals surface area contributed by atoms with Crippen LogP contribution in [0.15, 0.2) is 34.7 Å². The van der Waals surface area contributed by atoms with Crippen molar-refractivity contribution in [2.24, 2.45) is 5.73 Å². The average molecular weight is 233 g/mol. The first-order valence-electron chi connectivity index (χ1n) is 5.01. The van der Waals surface area contributed by atoms with Crippen LogP contribution < -0.4 is 5.73 Å². The van der Waals surface area contributed by atoms with Crippen molar-refractivity contribution in [1.29, 1.82) is 0 Å². The Bertz CT molecular complexity index is 510. The third-order valence-corrected chi connectivity index (χ3v) is 2.21. The van der Waals surface area contributed by atoms with E-state index in [2.05, 4.69) is 10.2 Å². The van der Waals surface area contributed by atoms with Crippen LogP contribution in [-0.2, 0) is 11.2 Å². The number of nitrogens with two attached hydrogens (primary N) is 1. The molecule has 0 aliphatic rings. The molecule has 3 N–H and O–H groups in total. The number of nitrogens with zero attached hydrogens (tertiary/aromatic N) is 2. The molecular weight excluding hydrogens is 222 g/mol. The molecule has 2 aromatic rings. The number of aromatic nitrogens is 2. The zero-order valence-electron chi connectivity index (χ0n) is 8.91. The summed E-state index contributed by atoms with van der Waals surface area (Å²) in [6.45, 7) is 0. The molecule has 0 radical (unpaired) electrons. The van der Waals surface area contributed by atoms with Gasteiger partial charge in [-0.15, -0.1) is 10.2 Å². The van der Waals surface area contributed by atoms with Gasteiger partial charge in [0.1, 0.15) is 0 Å². The topological polar surface area (TPSA) is 102 Å². The van der Waals surface area contributed by atoms with E-state index in [1.54, 1.807) is 0 Å². The molecule has 2 rings (SSSR count). The fourth-order valence-electron chi connectivity index (χ4n) is 1.34. The minimum absolute atomic E-state index is 0.0802. The number of rotatable bonds is 4. The van der Waals surface area contributed by atoms with Crippen molar-refractivity contribution >= 4 is 5.97 Å². The summed E-state index contributed by atoms with van der Waals surface area (Å²) < 4.78 is 5.18. The molecule has 0 aliphatic heterocycles. The lowest BCUT2D eigenvalue weighted by atomic mass is 10.2. The highest BCUT2D eigenvalue weighted by molar-refractivity contribution is 5.73. The monoisotopic (exact) mass is 233 g/mol. The molecule has 0 aliphatic carbocycles. The molecule has 0 saturated carbocycles. The average Bonchev–Trinajstić information content (AvgIpc) is 2.77. The van der Waals surface area contributed by atoms with Gasteiger partial charge in [0, 0.05) is 0 Å². The highest BCUT2D eigenvalue weighted by atomic mass is 16.4. The van der Waals surface area contributed by atoms with Gasteiger partial charge >= 0.3 is 5.97 Å². The van der Waals surface area contributed by atoms with Crippen LogP contribution in [-0.4, -0.2) is 21.3 Å². The Morgan fingerprint density at radius 3 is 2.71 bits per heavy atom. The molecule has 1 unspecified atom stereocenters. The molecule has 0 fully saturated rings. The summed E-state index contributed by atoms with van der Waals surface area (Å²) in [7, 11) is 0. The van der Waals surface area contributed by atoms with Crippen molar-refractivity contribution in [2.45, 2.75) is 12.5 Å². The molecule has 1 heterocycles. The van der Waals surface area contributed by atoms with Crippen LogP contribution in [0.5, 0.6) is 0 Å². The second-order valence-corrected chi connectivity index (χ2v) is 3.51. The lowest BCUT2D eigenvalue weighted by Crippen LogP contribution is -2.20. The number of carbonyl (C=O) groups is 1. The predicted octanol–water partition coefficient (Wildman–Crippen LogP) is 0.745. The van der Waals surface area contributed by atoms with E-state index in [0.29, 0.717) is 12.3 Å². The van der Waals surface area contributed by atoms with E-state index in [9.17, 15) is 4.79 Å². The molecule has 1 aromatic heterocycles. The summed E-state index contributed by atoms with van der Waals surface area (Å²) >= 11 is 0. The van der Waals surface area contributed by atoms with Gasteiger partial charge in [-0.05, 0) is 5.56 Å².